The fraction of sp³-hybridized carbons (Fsp3) is 0.400. The normalized spacial score (nSPS) is 14.9. The SMILES string of the molecule is Cc1cc(CNCc2ccccc2C2CC2)no1. The first-order valence-electron chi connectivity index (χ1n) is 6.53. The number of nitrogens with one attached hydrogen (secondary N) is 1. The largest absolute Gasteiger partial charge is 0.361 e. The van der Waals surface area contributed by atoms with Crippen molar-refractivity contribution in [3.63, 3.8) is 0 Å². The molecular formula is C15H18N2O. The molecule has 3 rings (SSSR count). The van der Waals surface area contributed by atoms with Gasteiger partial charge in [0.25, 0.3) is 0 Å². The molecule has 2 aromatic rings. The van der Waals surface area contributed by atoms with Gasteiger partial charge in [0.05, 0.1) is 5.69 Å². The molecule has 0 aliphatic heterocycles. The smallest absolute Gasteiger partial charge is 0.133 e. The van der Waals surface area contributed by atoms with Crippen LogP contribution in [-0.4, -0.2) is 5.16 Å². The Kier molecular flexibility index (Phi) is 3.15. The van der Waals surface area contributed by atoms with Crippen LogP contribution in [0.25, 0.3) is 0 Å². The first-order chi connectivity index (χ1) is 8.83. The number of nitrogens with zero attached hydrogens (tertiary/aromatic N) is 1. The van der Waals surface area contributed by atoms with Crippen molar-refractivity contribution in [1.82, 2.24) is 10.5 Å². The Morgan fingerprint density at radius 2 is 2.11 bits per heavy atom. The van der Waals surface area contributed by atoms with Crippen molar-refractivity contribution in [3.8, 4) is 0 Å². The van der Waals surface area contributed by atoms with E-state index in [-0.39, 0.29) is 0 Å². The van der Waals surface area contributed by atoms with Gasteiger partial charge in [0.1, 0.15) is 5.76 Å². The minimum Gasteiger partial charge on any atom is -0.361 e. The molecule has 0 atom stereocenters. The van der Waals surface area contributed by atoms with Crippen molar-refractivity contribution in [3.05, 3.63) is 52.9 Å². The summed E-state index contributed by atoms with van der Waals surface area (Å²) in [5.41, 5.74) is 3.90. The minimum atomic E-state index is 0.760. The van der Waals surface area contributed by atoms with Crippen molar-refractivity contribution in [2.75, 3.05) is 0 Å². The standard InChI is InChI=1S/C15H18N2O/c1-11-8-14(17-18-11)10-16-9-13-4-2-3-5-15(13)12-6-7-12/h2-5,8,12,16H,6-7,9-10H2,1H3. The van der Waals surface area contributed by atoms with Gasteiger partial charge in [0.15, 0.2) is 0 Å². The van der Waals surface area contributed by atoms with Crippen LogP contribution in [0.15, 0.2) is 34.9 Å². The van der Waals surface area contributed by atoms with E-state index in [1.54, 1.807) is 0 Å². The molecule has 1 aliphatic carbocycles. The molecule has 1 aromatic carbocycles. The van der Waals surface area contributed by atoms with Crippen LogP contribution in [0.2, 0.25) is 0 Å². The second-order valence-electron chi connectivity index (χ2n) is 5.01. The number of aromatic nitrogens is 1. The quantitative estimate of drug-likeness (QED) is 0.875. The second-order valence-corrected chi connectivity index (χ2v) is 5.01. The van der Waals surface area contributed by atoms with E-state index in [9.17, 15) is 0 Å². The fourth-order valence-corrected chi connectivity index (χ4v) is 2.31. The molecule has 1 heterocycles. The third-order valence-electron chi connectivity index (χ3n) is 3.37. The summed E-state index contributed by atoms with van der Waals surface area (Å²) in [7, 11) is 0. The zero-order valence-corrected chi connectivity index (χ0v) is 10.6. The highest BCUT2D eigenvalue weighted by Gasteiger charge is 2.25. The lowest BCUT2D eigenvalue weighted by Gasteiger charge is -2.08. The van der Waals surface area contributed by atoms with Crippen LogP contribution < -0.4 is 5.32 Å². The molecule has 3 heteroatoms. The zero-order chi connectivity index (χ0) is 12.4. The third kappa shape index (κ3) is 2.62. The Morgan fingerprint density at radius 3 is 2.83 bits per heavy atom. The molecule has 0 amide bonds. The van der Waals surface area contributed by atoms with Gasteiger partial charge in [-0.1, -0.05) is 29.4 Å². The molecule has 0 spiro atoms. The summed E-state index contributed by atoms with van der Waals surface area (Å²) in [6, 6.07) is 10.7. The molecule has 1 N–H and O–H groups in total. The Labute approximate surface area is 107 Å². The Morgan fingerprint density at radius 1 is 1.28 bits per heavy atom. The van der Waals surface area contributed by atoms with Gasteiger partial charge in [-0.05, 0) is 36.8 Å². The highest BCUT2D eigenvalue weighted by atomic mass is 16.5. The van der Waals surface area contributed by atoms with Gasteiger partial charge < -0.3 is 9.84 Å². The maximum atomic E-state index is 5.05. The van der Waals surface area contributed by atoms with E-state index in [1.165, 1.54) is 24.0 Å². The predicted octanol–water partition coefficient (Wildman–Crippen LogP) is 3.15. The molecule has 0 bridgehead atoms. The number of hydrogen-bond donors (Lipinski definition) is 1. The third-order valence-corrected chi connectivity index (χ3v) is 3.37. The van der Waals surface area contributed by atoms with Gasteiger partial charge in [-0.25, -0.2) is 0 Å². The van der Waals surface area contributed by atoms with Crippen LogP contribution in [0.3, 0.4) is 0 Å². The Balaban J connectivity index is 1.59. The van der Waals surface area contributed by atoms with E-state index in [4.69, 9.17) is 4.52 Å². The van der Waals surface area contributed by atoms with Gasteiger partial charge in [0.2, 0.25) is 0 Å². The molecule has 0 saturated heterocycles. The lowest BCUT2D eigenvalue weighted by molar-refractivity contribution is 0.388. The summed E-state index contributed by atoms with van der Waals surface area (Å²) in [6.45, 7) is 3.58. The van der Waals surface area contributed by atoms with E-state index < -0.39 is 0 Å². The zero-order valence-electron chi connectivity index (χ0n) is 10.6. The highest BCUT2D eigenvalue weighted by Crippen LogP contribution is 2.41. The molecule has 0 radical (unpaired) electrons. The van der Waals surface area contributed by atoms with Crippen LogP contribution in [0.4, 0.5) is 0 Å². The van der Waals surface area contributed by atoms with E-state index in [1.807, 2.05) is 13.0 Å². The van der Waals surface area contributed by atoms with E-state index >= 15 is 0 Å². The van der Waals surface area contributed by atoms with Gasteiger partial charge in [-0.3, -0.25) is 0 Å². The predicted molar refractivity (Wildman–Crippen MR) is 70.2 cm³/mol. The average Bonchev–Trinajstić information content (AvgIpc) is 3.14. The van der Waals surface area contributed by atoms with Crippen LogP contribution in [0, 0.1) is 6.92 Å². The topological polar surface area (TPSA) is 38.1 Å². The molecule has 0 unspecified atom stereocenters. The number of rotatable bonds is 5. The highest BCUT2D eigenvalue weighted by molar-refractivity contribution is 5.33. The van der Waals surface area contributed by atoms with Gasteiger partial charge in [-0.15, -0.1) is 0 Å². The van der Waals surface area contributed by atoms with Crippen LogP contribution in [0.1, 0.15) is 41.3 Å². The van der Waals surface area contributed by atoms with E-state index in [2.05, 4.69) is 34.7 Å². The van der Waals surface area contributed by atoms with E-state index in [0.717, 1.165) is 30.5 Å². The van der Waals surface area contributed by atoms with Crippen LogP contribution in [-0.2, 0) is 13.1 Å². The number of aryl methyl sites for hydroxylation is 1. The van der Waals surface area contributed by atoms with Gasteiger partial charge in [0, 0.05) is 19.2 Å². The number of hydrogen-bond acceptors (Lipinski definition) is 3. The molecule has 1 aliphatic rings. The molecule has 1 aromatic heterocycles. The number of benzene rings is 1. The first kappa shape index (κ1) is 11.5. The molecular weight excluding hydrogens is 224 g/mol. The second kappa shape index (κ2) is 4.94. The maximum Gasteiger partial charge on any atom is 0.133 e. The molecule has 94 valence electrons. The average molecular weight is 242 g/mol. The van der Waals surface area contributed by atoms with Crippen LogP contribution in [0.5, 0.6) is 0 Å². The van der Waals surface area contributed by atoms with Crippen molar-refractivity contribution >= 4 is 0 Å². The Bertz CT molecular complexity index is 529. The Hall–Kier alpha value is -1.61. The molecule has 1 saturated carbocycles. The summed E-state index contributed by atoms with van der Waals surface area (Å²) in [5.74, 6) is 1.67. The molecule has 18 heavy (non-hydrogen) atoms. The summed E-state index contributed by atoms with van der Waals surface area (Å²) in [4.78, 5) is 0. The van der Waals surface area contributed by atoms with Crippen molar-refractivity contribution in [2.45, 2.75) is 38.8 Å². The lowest BCUT2D eigenvalue weighted by atomic mass is 10.0. The lowest BCUT2D eigenvalue weighted by Crippen LogP contribution is -2.14. The molecule has 1 fully saturated rings. The fourth-order valence-electron chi connectivity index (χ4n) is 2.31. The minimum absolute atomic E-state index is 0.760. The monoisotopic (exact) mass is 242 g/mol. The maximum absolute atomic E-state index is 5.05. The van der Waals surface area contributed by atoms with Crippen LogP contribution >= 0.6 is 0 Å². The van der Waals surface area contributed by atoms with Crippen molar-refractivity contribution < 1.29 is 4.52 Å². The van der Waals surface area contributed by atoms with Gasteiger partial charge in [-0.2, -0.15) is 0 Å². The van der Waals surface area contributed by atoms with Crippen molar-refractivity contribution in [2.24, 2.45) is 0 Å². The molecule has 3 nitrogen and oxygen atoms in total. The summed E-state index contributed by atoms with van der Waals surface area (Å²) in [5, 5.41) is 7.41. The van der Waals surface area contributed by atoms with Crippen molar-refractivity contribution in [1.29, 1.82) is 0 Å². The summed E-state index contributed by atoms with van der Waals surface area (Å²) in [6.07, 6.45) is 2.69. The first-order valence-corrected chi connectivity index (χ1v) is 6.53. The van der Waals surface area contributed by atoms with E-state index in [0.29, 0.717) is 0 Å². The summed E-state index contributed by atoms with van der Waals surface area (Å²) < 4.78 is 5.05. The summed E-state index contributed by atoms with van der Waals surface area (Å²) >= 11 is 0. The van der Waals surface area contributed by atoms with Gasteiger partial charge >= 0.3 is 0 Å².